The summed E-state index contributed by atoms with van der Waals surface area (Å²) in [6.45, 7) is 0.571. The number of ether oxygens (including phenoxy) is 2. The van der Waals surface area contributed by atoms with E-state index in [9.17, 15) is 20.3 Å². The molecule has 0 saturated heterocycles. The van der Waals surface area contributed by atoms with Crippen molar-refractivity contribution in [1.82, 2.24) is 4.57 Å². The average molecular weight is 459 g/mol. The Morgan fingerprint density at radius 2 is 1.79 bits per heavy atom. The number of hydrogen-bond acceptors (Lipinski definition) is 6. The Hall–Kier alpha value is -3.20. The number of benzene rings is 2. The second-order valence-corrected chi connectivity index (χ2v) is 7.62. The minimum absolute atomic E-state index is 0.0414. The lowest BCUT2D eigenvalue weighted by molar-refractivity contribution is -0.384. The topological polar surface area (TPSA) is 107 Å². The summed E-state index contributed by atoms with van der Waals surface area (Å²) < 4.78 is 12.6. The van der Waals surface area contributed by atoms with Crippen LogP contribution in [0.5, 0.6) is 23.1 Å². The fraction of sp³-hybridized carbons (Fsp3) is 0.200. The summed E-state index contributed by atoms with van der Waals surface area (Å²) in [5.74, 6) is 1.07. The van der Waals surface area contributed by atoms with Crippen molar-refractivity contribution in [3.8, 4) is 34.4 Å². The maximum atomic E-state index is 11.2. The average Bonchev–Trinajstić information content (AvgIpc) is 3.28. The van der Waals surface area contributed by atoms with E-state index in [0.29, 0.717) is 62.6 Å². The van der Waals surface area contributed by atoms with Crippen molar-refractivity contribution in [1.29, 1.82) is 0 Å². The molecular formula is C20H15BrN2O6. The Balaban J connectivity index is 1.95. The SMILES string of the molecule is O=[N+]([O-])c1ccc2c3c(O)c4cc5c(cc4c-3n(CCCBr)c(O)c2c1)OCO5. The van der Waals surface area contributed by atoms with E-state index in [2.05, 4.69) is 15.9 Å². The van der Waals surface area contributed by atoms with E-state index >= 15 is 0 Å². The highest BCUT2D eigenvalue weighted by Crippen LogP contribution is 2.53. The van der Waals surface area contributed by atoms with E-state index < -0.39 is 4.92 Å². The molecule has 0 bridgehead atoms. The zero-order chi connectivity index (χ0) is 20.3. The molecule has 5 rings (SSSR count). The van der Waals surface area contributed by atoms with Crippen LogP contribution in [0.2, 0.25) is 0 Å². The first-order valence-corrected chi connectivity index (χ1v) is 10.1. The molecule has 8 nitrogen and oxygen atoms in total. The number of nitrogens with zero attached hydrogens (tertiary/aromatic N) is 2. The van der Waals surface area contributed by atoms with E-state index in [1.54, 1.807) is 22.8 Å². The molecule has 2 N–H and O–H groups in total. The van der Waals surface area contributed by atoms with Gasteiger partial charge in [0.1, 0.15) is 5.75 Å². The summed E-state index contributed by atoms with van der Waals surface area (Å²) in [5.41, 5.74) is 1.05. The van der Waals surface area contributed by atoms with Gasteiger partial charge in [-0.1, -0.05) is 15.9 Å². The third-order valence-corrected chi connectivity index (χ3v) is 5.82. The van der Waals surface area contributed by atoms with Crippen LogP contribution in [0, 0.1) is 10.1 Å². The molecule has 0 atom stereocenters. The minimum Gasteiger partial charge on any atom is -0.507 e. The second-order valence-electron chi connectivity index (χ2n) is 6.83. The summed E-state index contributed by atoms with van der Waals surface area (Å²) in [6, 6.07) is 7.77. The number of nitro benzene ring substituents is 1. The minimum atomic E-state index is -0.507. The molecule has 0 saturated carbocycles. The predicted molar refractivity (Wildman–Crippen MR) is 111 cm³/mol. The highest BCUT2D eigenvalue weighted by atomic mass is 79.9. The maximum absolute atomic E-state index is 11.2. The van der Waals surface area contributed by atoms with E-state index in [0.717, 1.165) is 0 Å². The van der Waals surface area contributed by atoms with Crippen LogP contribution >= 0.6 is 15.9 Å². The van der Waals surface area contributed by atoms with Crippen LogP contribution in [0.4, 0.5) is 5.69 Å². The summed E-state index contributed by atoms with van der Waals surface area (Å²) in [7, 11) is 0. The van der Waals surface area contributed by atoms with E-state index in [4.69, 9.17) is 9.47 Å². The smallest absolute Gasteiger partial charge is 0.270 e. The molecule has 2 aliphatic heterocycles. The van der Waals surface area contributed by atoms with Crippen LogP contribution < -0.4 is 9.47 Å². The highest BCUT2D eigenvalue weighted by molar-refractivity contribution is 9.09. The lowest BCUT2D eigenvalue weighted by Crippen LogP contribution is -2.05. The third-order valence-electron chi connectivity index (χ3n) is 5.26. The normalized spacial score (nSPS) is 13.0. The van der Waals surface area contributed by atoms with Gasteiger partial charge >= 0.3 is 0 Å². The Morgan fingerprint density at radius 1 is 1.07 bits per heavy atom. The third kappa shape index (κ3) is 2.50. The zero-order valence-corrected chi connectivity index (χ0v) is 16.6. The number of alkyl halides is 1. The van der Waals surface area contributed by atoms with Crippen LogP contribution in [0.3, 0.4) is 0 Å². The molecular weight excluding hydrogens is 444 g/mol. The Kier molecular flexibility index (Phi) is 3.95. The van der Waals surface area contributed by atoms with Gasteiger partial charge in [-0.2, -0.15) is 0 Å². The van der Waals surface area contributed by atoms with Crippen molar-refractivity contribution < 1.29 is 24.6 Å². The molecule has 2 aromatic carbocycles. The largest absolute Gasteiger partial charge is 0.507 e. The number of aromatic hydroxyl groups is 2. The van der Waals surface area contributed by atoms with Crippen molar-refractivity contribution in [2.45, 2.75) is 13.0 Å². The summed E-state index contributed by atoms with van der Waals surface area (Å²) in [6.07, 6.45) is 0.714. The number of hydrogen-bond donors (Lipinski definition) is 2. The van der Waals surface area contributed by atoms with Gasteiger partial charge in [0.2, 0.25) is 6.79 Å². The van der Waals surface area contributed by atoms with Gasteiger partial charge in [0, 0.05) is 51.1 Å². The fourth-order valence-corrected chi connectivity index (χ4v) is 4.24. The predicted octanol–water partition coefficient (Wildman–Crippen LogP) is 4.73. The van der Waals surface area contributed by atoms with Gasteiger partial charge < -0.3 is 24.3 Å². The molecule has 29 heavy (non-hydrogen) atoms. The number of pyridine rings is 1. The monoisotopic (exact) mass is 458 g/mol. The first-order chi connectivity index (χ1) is 14.0. The molecule has 0 amide bonds. The van der Waals surface area contributed by atoms with Gasteiger partial charge in [0.15, 0.2) is 17.4 Å². The van der Waals surface area contributed by atoms with E-state index in [1.165, 1.54) is 12.1 Å². The van der Waals surface area contributed by atoms with Crippen molar-refractivity contribution in [2.75, 3.05) is 12.1 Å². The Morgan fingerprint density at radius 3 is 2.48 bits per heavy atom. The molecule has 2 heterocycles. The zero-order valence-electron chi connectivity index (χ0n) is 15.0. The van der Waals surface area contributed by atoms with E-state index in [-0.39, 0.29) is 24.1 Å². The Labute approximate surface area is 172 Å². The molecule has 0 aromatic heterocycles. The summed E-state index contributed by atoms with van der Waals surface area (Å²) in [5, 5.41) is 36.2. The maximum Gasteiger partial charge on any atom is 0.270 e. The van der Waals surface area contributed by atoms with Gasteiger partial charge in [-0.05, 0) is 24.6 Å². The molecule has 0 unspecified atom stereocenters. The molecule has 0 spiro atoms. The van der Waals surface area contributed by atoms with Crippen molar-refractivity contribution in [2.24, 2.45) is 0 Å². The summed E-state index contributed by atoms with van der Waals surface area (Å²) >= 11 is 3.40. The van der Waals surface area contributed by atoms with Crippen molar-refractivity contribution >= 4 is 43.2 Å². The summed E-state index contributed by atoms with van der Waals surface area (Å²) in [4.78, 5) is 10.7. The molecule has 0 fully saturated rings. The number of fused-ring (bicyclic) bond motifs is 6. The van der Waals surface area contributed by atoms with Crippen LogP contribution in [-0.2, 0) is 6.54 Å². The van der Waals surface area contributed by atoms with Gasteiger partial charge in [-0.3, -0.25) is 10.1 Å². The van der Waals surface area contributed by atoms with Crippen LogP contribution in [0.1, 0.15) is 6.42 Å². The number of nitro groups is 1. The van der Waals surface area contributed by atoms with Crippen LogP contribution in [0.15, 0.2) is 30.3 Å². The van der Waals surface area contributed by atoms with Gasteiger partial charge in [0.25, 0.3) is 5.69 Å². The van der Waals surface area contributed by atoms with Gasteiger partial charge in [-0.25, -0.2) is 0 Å². The van der Waals surface area contributed by atoms with Gasteiger partial charge in [0.05, 0.1) is 10.6 Å². The fourth-order valence-electron chi connectivity index (χ4n) is 3.99. The second kappa shape index (κ2) is 6.41. The number of non-ortho nitro benzene ring substituents is 1. The molecule has 1 aliphatic carbocycles. The van der Waals surface area contributed by atoms with E-state index in [1.807, 2.05) is 0 Å². The lowest BCUT2D eigenvalue weighted by Gasteiger charge is -2.19. The highest BCUT2D eigenvalue weighted by Gasteiger charge is 2.29. The molecule has 148 valence electrons. The van der Waals surface area contributed by atoms with Gasteiger partial charge in [-0.15, -0.1) is 0 Å². The standard InChI is InChI=1S/C20H15BrN2O6/c21-4-1-5-22-18-12-7-15-16(29-9-28-15)8-13(12)19(24)17(18)11-3-2-10(23(26)27)6-14(11)20(22)25/h2-3,6-8,24-25H,1,4-5,9H2. The molecule has 0 radical (unpaired) electrons. The Bertz CT molecular complexity index is 1280. The first kappa shape index (κ1) is 17.9. The quantitative estimate of drug-likeness (QED) is 0.260. The number of halogens is 1. The molecule has 2 aromatic rings. The first-order valence-electron chi connectivity index (χ1n) is 8.95. The van der Waals surface area contributed by atoms with Crippen LogP contribution in [-0.4, -0.2) is 31.8 Å². The van der Waals surface area contributed by atoms with Crippen LogP contribution in [0.25, 0.3) is 32.8 Å². The number of aromatic nitrogens is 1. The van der Waals surface area contributed by atoms with Crippen molar-refractivity contribution in [3.05, 3.63) is 40.4 Å². The van der Waals surface area contributed by atoms with Crippen molar-refractivity contribution in [3.63, 3.8) is 0 Å². The number of rotatable bonds is 4. The lowest BCUT2D eigenvalue weighted by atomic mass is 10.0. The molecule has 3 aliphatic rings. The molecule has 9 heteroatoms.